The minimum absolute atomic E-state index is 0.689. The van der Waals surface area contributed by atoms with Crippen molar-refractivity contribution in [2.45, 2.75) is 71.9 Å². The minimum Gasteiger partial charge on any atom is -0.354 e. The van der Waals surface area contributed by atoms with Crippen LogP contribution in [-0.4, -0.2) is 24.1 Å². The molecule has 1 fully saturated rings. The highest BCUT2D eigenvalue weighted by molar-refractivity contribution is 5.43. The summed E-state index contributed by atoms with van der Waals surface area (Å²) in [6, 6.07) is 5.18. The molecule has 0 saturated heterocycles. The maximum Gasteiger partial charge on any atom is 0.129 e. The van der Waals surface area contributed by atoms with E-state index >= 15 is 0 Å². The lowest BCUT2D eigenvalue weighted by Crippen LogP contribution is -2.37. The van der Waals surface area contributed by atoms with Gasteiger partial charge in [-0.2, -0.15) is 0 Å². The average molecular weight is 289 g/mol. The highest BCUT2D eigenvalue weighted by Gasteiger charge is 2.21. The van der Waals surface area contributed by atoms with E-state index in [1.807, 2.05) is 0 Å². The Morgan fingerprint density at radius 3 is 2.62 bits per heavy atom. The predicted molar refractivity (Wildman–Crippen MR) is 90.9 cm³/mol. The van der Waals surface area contributed by atoms with Gasteiger partial charge >= 0.3 is 0 Å². The molecular formula is C18H31N3. The molecule has 1 saturated carbocycles. The van der Waals surface area contributed by atoms with Gasteiger partial charge in [0.25, 0.3) is 0 Å². The second kappa shape index (κ2) is 8.38. The Hall–Kier alpha value is -1.09. The summed E-state index contributed by atoms with van der Waals surface area (Å²) >= 11 is 0. The summed E-state index contributed by atoms with van der Waals surface area (Å²) in [5.74, 6) is 1.18. The molecule has 0 bridgehead atoms. The largest absolute Gasteiger partial charge is 0.354 e. The van der Waals surface area contributed by atoms with Crippen LogP contribution in [0.5, 0.6) is 0 Å². The Balaban J connectivity index is 2.11. The van der Waals surface area contributed by atoms with Crippen LogP contribution in [0.1, 0.15) is 63.6 Å². The smallest absolute Gasteiger partial charge is 0.129 e. The number of aryl methyl sites for hydroxylation is 1. The van der Waals surface area contributed by atoms with Gasteiger partial charge in [-0.15, -0.1) is 0 Å². The lowest BCUT2D eigenvalue weighted by Gasteiger charge is -2.35. The lowest BCUT2D eigenvalue weighted by atomic mass is 9.94. The minimum atomic E-state index is 0.689. The van der Waals surface area contributed by atoms with Crippen LogP contribution in [-0.2, 0) is 6.54 Å². The first-order valence-electron chi connectivity index (χ1n) is 8.69. The predicted octanol–water partition coefficient (Wildman–Crippen LogP) is 4.05. The molecular weight excluding hydrogens is 258 g/mol. The van der Waals surface area contributed by atoms with Gasteiger partial charge in [-0.1, -0.05) is 26.2 Å². The molecule has 1 aromatic heterocycles. The van der Waals surface area contributed by atoms with E-state index in [-0.39, 0.29) is 0 Å². The summed E-state index contributed by atoms with van der Waals surface area (Å²) in [6.07, 6.45) is 7.98. The Morgan fingerprint density at radius 1 is 1.19 bits per heavy atom. The zero-order valence-corrected chi connectivity index (χ0v) is 14.0. The number of nitrogens with zero attached hydrogens (tertiary/aromatic N) is 2. The fourth-order valence-electron chi connectivity index (χ4n) is 3.38. The average Bonchev–Trinajstić information content (AvgIpc) is 2.49. The second-order valence-corrected chi connectivity index (χ2v) is 6.23. The van der Waals surface area contributed by atoms with Gasteiger partial charge in [0.1, 0.15) is 5.82 Å². The van der Waals surface area contributed by atoms with E-state index in [2.05, 4.69) is 43.1 Å². The summed E-state index contributed by atoms with van der Waals surface area (Å²) in [5.41, 5.74) is 2.50. The van der Waals surface area contributed by atoms with Gasteiger partial charge < -0.3 is 10.2 Å². The van der Waals surface area contributed by atoms with E-state index in [0.717, 1.165) is 25.3 Å². The Bertz CT molecular complexity index is 424. The highest BCUT2D eigenvalue weighted by atomic mass is 15.2. The molecule has 3 nitrogen and oxygen atoms in total. The summed E-state index contributed by atoms with van der Waals surface area (Å²) in [6.45, 7) is 9.67. The van der Waals surface area contributed by atoms with Gasteiger partial charge in [0.15, 0.2) is 0 Å². The van der Waals surface area contributed by atoms with Gasteiger partial charge in [-0.05, 0) is 57.4 Å². The van der Waals surface area contributed by atoms with Gasteiger partial charge in [0.05, 0.1) is 0 Å². The van der Waals surface area contributed by atoms with E-state index in [9.17, 15) is 0 Å². The van der Waals surface area contributed by atoms with Crippen LogP contribution in [0.4, 0.5) is 5.82 Å². The molecule has 1 aromatic rings. The molecule has 1 aliphatic rings. The highest BCUT2D eigenvalue weighted by Crippen LogP contribution is 2.26. The van der Waals surface area contributed by atoms with Crippen LogP contribution in [0.2, 0.25) is 0 Å². The first-order valence-corrected chi connectivity index (χ1v) is 8.69. The molecule has 1 heterocycles. The third-order valence-electron chi connectivity index (χ3n) is 4.41. The quantitative estimate of drug-likeness (QED) is 0.768. The second-order valence-electron chi connectivity index (χ2n) is 6.23. The third kappa shape index (κ3) is 4.70. The van der Waals surface area contributed by atoms with Gasteiger partial charge in [0, 0.05) is 24.8 Å². The molecule has 0 aromatic carbocycles. The number of pyridine rings is 1. The summed E-state index contributed by atoms with van der Waals surface area (Å²) in [7, 11) is 0. The Morgan fingerprint density at radius 2 is 1.95 bits per heavy atom. The van der Waals surface area contributed by atoms with Gasteiger partial charge in [-0.25, -0.2) is 4.98 Å². The first kappa shape index (κ1) is 16.3. The third-order valence-corrected chi connectivity index (χ3v) is 4.41. The van der Waals surface area contributed by atoms with Crippen molar-refractivity contribution < 1.29 is 0 Å². The zero-order chi connectivity index (χ0) is 15.1. The van der Waals surface area contributed by atoms with Crippen LogP contribution in [0, 0.1) is 6.92 Å². The number of hydrogen-bond acceptors (Lipinski definition) is 3. The molecule has 118 valence electrons. The fraction of sp³-hybridized carbons (Fsp3) is 0.722. The zero-order valence-electron chi connectivity index (χ0n) is 14.0. The Labute approximate surface area is 130 Å². The topological polar surface area (TPSA) is 28.2 Å². The van der Waals surface area contributed by atoms with Crippen LogP contribution in [0.15, 0.2) is 12.1 Å². The number of anilines is 1. The molecule has 0 atom stereocenters. The van der Waals surface area contributed by atoms with E-state index in [1.165, 1.54) is 49.9 Å². The van der Waals surface area contributed by atoms with Crippen LogP contribution >= 0.6 is 0 Å². The van der Waals surface area contributed by atoms with Crippen molar-refractivity contribution in [1.82, 2.24) is 10.3 Å². The van der Waals surface area contributed by atoms with Crippen molar-refractivity contribution in [3.05, 3.63) is 23.4 Å². The van der Waals surface area contributed by atoms with Crippen LogP contribution in [0.3, 0.4) is 0 Å². The van der Waals surface area contributed by atoms with Gasteiger partial charge in [0.2, 0.25) is 0 Å². The standard InChI is InChI=1S/C18H31N3/c1-4-11-19-14-16-12-15(3)20-18(13-16)21(5-2)17-9-7-6-8-10-17/h12-13,17,19H,4-11,14H2,1-3H3. The SMILES string of the molecule is CCCNCc1cc(C)nc(N(CC)C2CCCCC2)c1. The van der Waals surface area contributed by atoms with Crippen molar-refractivity contribution in [2.24, 2.45) is 0 Å². The van der Waals surface area contributed by atoms with E-state index in [0.29, 0.717) is 6.04 Å². The fourth-order valence-corrected chi connectivity index (χ4v) is 3.38. The van der Waals surface area contributed by atoms with Gasteiger partial charge in [-0.3, -0.25) is 0 Å². The molecule has 21 heavy (non-hydrogen) atoms. The molecule has 0 amide bonds. The van der Waals surface area contributed by atoms with Crippen molar-refractivity contribution in [3.63, 3.8) is 0 Å². The number of nitrogens with one attached hydrogen (secondary N) is 1. The number of aromatic nitrogens is 1. The first-order chi connectivity index (χ1) is 10.2. The summed E-state index contributed by atoms with van der Waals surface area (Å²) in [5, 5.41) is 3.50. The normalized spacial score (nSPS) is 16.1. The van der Waals surface area contributed by atoms with Crippen LogP contribution in [0.25, 0.3) is 0 Å². The van der Waals surface area contributed by atoms with Crippen LogP contribution < -0.4 is 10.2 Å². The maximum absolute atomic E-state index is 4.81. The lowest BCUT2D eigenvalue weighted by molar-refractivity contribution is 0.416. The van der Waals surface area contributed by atoms with Crippen molar-refractivity contribution in [1.29, 1.82) is 0 Å². The monoisotopic (exact) mass is 289 g/mol. The number of hydrogen-bond donors (Lipinski definition) is 1. The van der Waals surface area contributed by atoms with Crippen molar-refractivity contribution in [2.75, 3.05) is 18.0 Å². The molecule has 0 spiro atoms. The molecule has 0 aliphatic heterocycles. The van der Waals surface area contributed by atoms with Crippen molar-refractivity contribution >= 4 is 5.82 Å². The summed E-state index contributed by atoms with van der Waals surface area (Å²) < 4.78 is 0. The molecule has 3 heteroatoms. The Kier molecular flexibility index (Phi) is 6.50. The molecule has 2 rings (SSSR count). The van der Waals surface area contributed by atoms with E-state index in [1.54, 1.807) is 0 Å². The molecule has 0 radical (unpaired) electrons. The molecule has 0 unspecified atom stereocenters. The maximum atomic E-state index is 4.81. The van der Waals surface area contributed by atoms with E-state index < -0.39 is 0 Å². The number of rotatable bonds is 7. The molecule has 1 N–H and O–H groups in total. The molecule has 1 aliphatic carbocycles. The summed E-state index contributed by atoms with van der Waals surface area (Å²) in [4.78, 5) is 7.33. The van der Waals surface area contributed by atoms with E-state index in [4.69, 9.17) is 4.98 Å². The van der Waals surface area contributed by atoms with Crippen molar-refractivity contribution in [3.8, 4) is 0 Å².